The fraction of sp³-hybridized carbons (Fsp3) is 0.364. The molecule has 1 aliphatic heterocycles. The number of esters is 2. The van der Waals surface area contributed by atoms with Gasteiger partial charge in [0.2, 0.25) is 0 Å². The van der Waals surface area contributed by atoms with Gasteiger partial charge in [-0.3, -0.25) is 9.59 Å². The van der Waals surface area contributed by atoms with Crippen LogP contribution in [0.5, 0.6) is 11.5 Å². The highest BCUT2D eigenvalue weighted by molar-refractivity contribution is 5.98. The maximum absolute atomic E-state index is 12.6. The van der Waals surface area contributed by atoms with E-state index >= 15 is 0 Å². The van der Waals surface area contributed by atoms with Crippen molar-refractivity contribution in [2.75, 3.05) is 13.7 Å². The minimum absolute atomic E-state index is 0.0565. The molecule has 164 valence electrons. The van der Waals surface area contributed by atoms with E-state index in [2.05, 4.69) is 10.3 Å². The van der Waals surface area contributed by atoms with Gasteiger partial charge in [0.25, 0.3) is 5.91 Å². The molecular weight excluding hydrogens is 404 g/mol. The predicted molar refractivity (Wildman–Crippen MR) is 108 cm³/mol. The highest BCUT2D eigenvalue weighted by Crippen LogP contribution is 2.27. The number of rotatable bonds is 5. The van der Waals surface area contributed by atoms with Gasteiger partial charge in [0.05, 0.1) is 19.1 Å². The van der Waals surface area contributed by atoms with Gasteiger partial charge in [0.1, 0.15) is 6.61 Å². The van der Waals surface area contributed by atoms with Crippen LogP contribution in [0.3, 0.4) is 0 Å². The molecular formula is C22H24N2O7. The molecule has 0 radical (unpaired) electrons. The van der Waals surface area contributed by atoms with Gasteiger partial charge in [-0.25, -0.2) is 9.78 Å². The topological polar surface area (TPSA) is 124 Å². The third-order valence-corrected chi connectivity index (χ3v) is 4.90. The fourth-order valence-electron chi connectivity index (χ4n) is 3.34. The Bertz CT molecular complexity index is 948. The van der Waals surface area contributed by atoms with Crippen LogP contribution in [0.2, 0.25) is 0 Å². The maximum Gasteiger partial charge on any atom is 0.332 e. The van der Waals surface area contributed by atoms with Crippen molar-refractivity contribution in [2.45, 2.75) is 31.9 Å². The lowest BCUT2D eigenvalue weighted by atomic mass is 9.94. The second-order valence-corrected chi connectivity index (χ2v) is 7.24. The van der Waals surface area contributed by atoms with Crippen LogP contribution in [0.25, 0.3) is 0 Å². The Morgan fingerprint density at radius 3 is 2.68 bits per heavy atom. The molecule has 1 aliphatic rings. The van der Waals surface area contributed by atoms with Gasteiger partial charge >= 0.3 is 11.9 Å². The molecule has 3 rings (SSSR count). The molecule has 31 heavy (non-hydrogen) atoms. The first kappa shape index (κ1) is 22.1. The summed E-state index contributed by atoms with van der Waals surface area (Å²) in [7, 11) is 1.33. The molecule has 2 N–H and O–H groups in total. The van der Waals surface area contributed by atoms with Crippen LogP contribution in [-0.2, 0) is 25.5 Å². The number of amides is 1. The molecule has 0 saturated carbocycles. The highest BCUT2D eigenvalue weighted by atomic mass is 16.6. The van der Waals surface area contributed by atoms with Gasteiger partial charge in [-0.15, -0.1) is 0 Å². The normalized spacial score (nSPS) is 21.7. The first-order valence-electron chi connectivity index (χ1n) is 9.83. The van der Waals surface area contributed by atoms with Crippen molar-refractivity contribution in [1.82, 2.24) is 10.3 Å². The summed E-state index contributed by atoms with van der Waals surface area (Å²) in [6.07, 6.45) is 1.46. The van der Waals surface area contributed by atoms with Crippen molar-refractivity contribution >= 4 is 17.8 Å². The third kappa shape index (κ3) is 5.50. The zero-order chi connectivity index (χ0) is 22.4. The molecule has 1 saturated heterocycles. The molecule has 1 aromatic carbocycles. The van der Waals surface area contributed by atoms with Crippen LogP contribution in [0.15, 0.2) is 42.6 Å². The van der Waals surface area contributed by atoms with Crippen LogP contribution >= 0.6 is 0 Å². The number of carbonyl (C=O) groups is 3. The number of pyridine rings is 1. The zero-order valence-electron chi connectivity index (χ0n) is 17.2. The van der Waals surface area contributed by atoms with Crippen molar-refractivity contribution in [3.8, 4) is 11.5 Å². The second kappa shape index (κ2) is 9.92. The molecule has 1 aromatic heterocycles. The van der Waals surface area contributed by atoms with Crippen molar-refractivity contribution in [2.24, 2.45) is 5.92 Å². The lowest BCUT2D eigenvalue weighted by molar-refractivity contribution is -0.152. The Morgan fingerprint density at radius 2 is 1.97 bits per heavy atom. The van der Waals surface area contributed by atoms with Gasteiger partial charge < -0.3 is 24.6 Å². The largest absolute Gasteiger partial charge is 0.503 e. The minimum Gasteiger partial charge on any atom is -0.503 e. The van der Waals surface area contributed by atoms with Crippen LogP contribution in [-0.4, -0.2) is 53.8 Å². The summed E-state index contributed by atoms with van der Waals surface area (Å²) in [4.78, 5) is 41.6. The van der Waals surface area contributed by atoms with Gasteiger partial charge in [-0.1, -0.05) is 30.3 Å². The number of nitrogens with one attached hydrogen (secondary N) is 1. The molecule has 0 aliphatic carbocycles. The number of cyclic esters (lactones) is 2. The number of carbonyl (C=O) groups excluding carboxylic acids is 3. The van der Waals surface area contributed by atoms with Gasteiger partial charge in [-0.05, 0) is 25.3 Å². The van der Waals surface area contributed by atoms with Gasteiger partial charge in [0, 0.05) is 12.3 Å². The Morgan fingerprint density at radius 1 is 1.23 bits per heavy atom. The first-order chi connectivity index (χ1) is 14.9. The first-order valence-corrected chi connectivity index (χ1v) is 9.83. The second-order valence-electron chi connectivity index (χ2n) is 7.24. The third-order valence-electron chi connectivity index (χ3n) is 4.90. The summed E-state index contributed by atoms with van der Waals surface area (Å²) < 4.78 is 15.7. The van der Waals surface area contributed by atoms with Crippen LogP contribution in [0.4, 0.5) is 0 Å². The summed E-state index contributed by atoms with van der Waals surface area (Å²) in [5.41, 5.74) is 0.639. The Kier molecular flexibility index (Phi) is 7.07. The van der Waals surface area contributed by atoms with E-state index < -0.39 is 48.3 Å². The number of hydrogen-bond acceptors (Lipinski definition) is 8. The Labute approximate surface area is 179 Å². The molecule has 1 fully saturated rings. The molecule has 2 aromatic rings. The molecule has 1 unspecified atom stereocenters. The number of benzene rings is 1. The summed E-state index contributed by atoms with van der Waals surface area (Å²) in [5.74, 6) is -2.95. The summed E-state index contributed by atoms with van der Waals surface area (Å²) in [5, 5.41) is 12.5. The number of aromatic hydroxyl groups is 1. The van der Waals surface area contributed by atoms with E-state index in [1.165, 1.54) is 19.4 Å². The van der Waals surface area contributed by atoms with E-state index in [0.29, 0.717) is 12.8 Å². The molecule has 9 heteroatoms. The number of methoxy groups -OCH3 is 1. The van der Waals surface area contributed by atoms with E-state index in [1.807, 2.05) is 30.3 Å². The smallest absolute Gasteiger partial charge is 0.332 e. The average molecular weight is 428 g/mol. The zero-order valence-corrected chi connectivity index (χ0v) is 17.2. The highest BCUT2D eigenvalue weighted by Gasteiger charge is 2.33. The van der Waals surface area contributed by atoms with E-state index in [-0.39, 0.29) is 11.4 Å². The van der Waals surface area contributed by atoms with E-state index in [1.54, 1.807) is 6.92 Å². The Balaban J connectivity index is 1.73. The van der Waals surface area contributed by atoms with Crippen LogP contribution in [0, 0.1) is 5.92 Å². The molecule has 2 heterocycles. The quantitative estimate of drug-likeness (QED) is 0.689. The minimum atomic E-state index is -1.25. The number of nitrogens with zero attached hydrogens (tertiary/aromatic N) is 1. The molecule has 0 bridgehead atoms. The van der Waals surface area contributed by atoms with Gasteiger partial charge in [-0.2, -0.15) is 0 Å². The standard InChI is InChI=1S/C22H24N2O7/c1-13-10-15(11-14-6-4-3-5-7-14)21(27)30-12-16(22(28)31-13)24-20(26)18-19(25)17(29-2)8-9-23-18/h3-9,13,15-16,25H,10-12H2,1-2H3,(H,24,26)/t13-,15+,16?/m0/s1. The molecule has 1 amide bonds. The molecule has 9 nitrogen and oxygen atoms in total. The van der Waals surface area contributed by atoms with Crippen LogP contribution in [0.1, 0.15) is 29.4 Å². The molecule has 0 spiro atoms. The van der Waals surface area contributed by atoms with E-state index in [9.17, 15) is 19.5 Å². The lowest BCUT2D eigenvalue weighted by Crippen LogP contribution is -2.46. The SMILES string of the molecule is COc1ccnc(C(=O)NC2COC(=O)[C@@H](Cc3ccccc3)C[C@H](C)OC2=O)c1O. The lowest BCUT2D eigenvalue weighted by Gasteiger charge is -2.18. The number of aromatic nitrogens is 1. The van der Waals surface area contributed by atoms with Crippen LogP contribution < -0.4 is 10.1 Å². The van der Waals surface area contributed by atoms with Gasteiger partial charge in [0.15, 0.2) is 23.2 Å². The number of ether oxygens (including phenoxy) is 3. The van der Waals surface area contributed by atoms with E-state index in [4.69, 9.17) is 14.2 Å². The van der Waals surface area contributed by atoms with Crippen molar-refractivity contribution in [1.29, 1.82) is 0 Å². The number of hydrogen-bond donors (Lipinski definition) is 2. The van der Waals surface area contributed by atoms with E-state index in [0.717, 1.165) is 5.56 Å². The summed E-state index contributed by atoms with van der Waals surface area (Å²) >= 11 is 0. The average Bonchev–Trinajstić information content (AvgIpc) is 2.80. The monoisotopic (exact) mass is 428 g/mol. The predicted octanol–water partition coefficient (Wildman–Crippen LogP) is 1.63. The summed E-state index contributed by atoms with van der Waals surface area (Å²) in [6, 6.07) is 9.61. The fourth-order valence-corrected chi connectivity index (χ4v) is 3.34. The van der Waals surface area contributed by atoms with Crippen molar-refractivity contribution in [3.63, 3.8) is 0 Å². The van der Waals surface area contributed by atoms with Crippen molar-refractivity contribution in [3.05, 3.63) is 53.9 Å². The van der Waals surface area contributed by atoms with Crippen molar-refractivity contribution < 1.29 is 33.7 Å². The molecule has 3 atom stereocenters. The Hall–Kier alpha value is -3.62. The maximum atomic E-state index is 12.6. The summed E-state index contributed by atoms with van der Waals surface area (Å²) in [6.45, 7) is 1.29.